The van der Waals surface area contributed by atoms with Crippen LogP contribution in [0.2, 0.25) is 0 Å². The van der Waals surface area contributed by atoms with Crippen molar-refractivity contribution in [2.75, 3.05) is 20.6 Å². The number of nitrogens with zero attached hydrogens (tertiary/aromatic N) is 1. The summed E-state index contributed by atoms with van der Waals surface area (Å²) in [7, 11) is 4.04. The van der Waals surface area contributed by atoms with Crippen molar-refractivity contribution in [3.05, 3.63) is 0 Å². The Morgan fingerprint density at radius 3 is 2.50 bits per heavy atom. The number of rotatable bonds is 3. The van der Waals surface area contributed by atoms with Crippen LogP contribution in [0.15, 0.2) is 0 Å². The lowest BCUT2D eigenvalue weighted by atomic mass is 10.3. The van der Waals surface area contributed by atoms with E-state index in [0.29, 0.717) is 11.2 Å². The molecule has 0 aromatic carbocycles. The summed E-state index contributed by atoms with van der Waals surface area (Å²) in [6.45, 7) is 2.91. The molecule has 0 saturated heterocycles. The van der Waals surface area contributed by atoms with Crippen molar-refractivity contribution in [2.24, 2.45) is 5.73 Å². The van der Waals surface area contributed by atoms with Gasteiger partial charge in [0.15, 0.2) is 5.11 Å². The molecule has 10 heavy (non-hydrogen) atoms. The van der Waals surface area contributed by atoms with Gasteiger partial charge in [-0.3, -0.25) is 0 Å². The zero-order chi connectivity index (χ0) is 8.15. The van der Waals surface area contributed by atoms with Crippen LogP contribution in [-0.4, -0.2) is 36.7 Å². The lowest BCUT2D eigenvalue weighted by Crippen LogP contribution is -2.40. The third kappa shape index (κ3) is 4.52. The van der Waals surface area contributed by atoms with Crippen LogP contribution in [0, 0.1) is 0 Å². The first-order valence-corrected chi connectivity index (χ1v) is 3.64. The van der Waals surface area contributed by atoms with Crippen molar-refractivity contribution in [3.63, 3.8) is 0 Å². The van der Waals surface area contributed by atoms with Gasteiger partial charge in [-0.05, 0) is 33.2 Å². The highest BCUT2D eigenvalue weighted by molar-refractivity contribution is 7.80. The molecule has 60 valence electrons. The smallest absolute Gasteiger partial charge is 0.163 e. The third-order valence-electron chi connectivity index (χ3n) is 1.45. The summed E-state index contributed by atoms with van der Waals surface area (Å²) in [5.74, 6) is 0. The monoisotopic (exact) mass is 161 g/mol. The summed E-state index contributed by atoms with van der Waals surface area (Å²) >= 11 is 4.65. The zero-order valence-corrected chi connectivity index (χ0v) is 7.53. The summed E-state index contributed by atoms with van der Waals surface area (Å²) in [6, 6.07) is 0.460. The van der Waals surface area contributed by atoms with Crippen LogP contribution in [0.25, 0.3) is 0 Å². The fraction of sp³-hybridized carbons (Fsp3) is 0.833. The molecule has 0 radical (unpaired) electrons. The Morgan fingerprint density at radius 1 is 1.70 bits per heavy atom. The molecule has 1 atom stereocenters. The maximum absolute atomic E-state index is 5.24. The molecule has 0 bridgehead atoms. The fourth-order valence-corrected chi connectivity index (χ4v) is 0.514. The van der Waals surface area contributed by atoms with Crippen molar-refractivity contribution in [3.8, 4) is 0 Å². The highest BCUT2D eigenvalue weighted by Crippen LogP contribution is 1.86. The average Bonchev–Trinajstić information content (AvgIpc) is 1.82. The third-order valence-corrected chi connectivity index (χ3v) is 1.60. The molecule has 0 saturated carbocycles. The van der Waals surface area contributed by atoms with Crippen LogP contribution >= 0.6 is 12.2 Å². The standard InChI is InChI=1S/C6H15N3S/c1-5(9(2)3)4-8-6(7)10/h5H,4H2,1-3H3,(H3,7,8,10). The van der Waals surface area contributed by atoms with Crippen LogP contribution in [0.3, 0.4) is 0 Å². The zero-order valence-electron chi connectivity index (χ0n) is 6.72. The Kier molecular flexibility index (Phi) is 4.31. The van der Waals surface area contributed by atoms with Gasteiger partial charge in [-0.25, -0.2) is 0 Å². The van der Waals surface area contributed by atoms with E-state index in [9.17, 15) is 0 Å². The van der Waals surface area contributed by atoms with Crippen molar-refractivity contribution in [1.29, 1.82) is 0 Å². The quantitative estimate of drug-likeness (QED) is 0.561. The summed E-state index contributed by atoms with van der Waals surface area (Å²) in [5, 5.41) is 3.26. The van der Waals surface area contributed by atoms with Gasteiger partial charge >= 0.3 is 0 Å². The van der Waals surface area contributed by atoms with Crippen LogP contribution in [0.1, 0.15) is 6.92 Å². The molecule has 0 aliphatic rings. The van der Waals surface area contributed by atoms with Crippen molar-refractivity contribution in [2.45, 2.75) is 13.0 Å². The second-order valence-electron chi connectivity index (χ2n) is 2.56. The summed E-state index contributed by atoms with van der Waals surface area (Å²) in [5.41, 5.74) is 5.24. The number of thiocarbonyl (C=S) groups is 1. The van der Waals surface area contributed by atoms with E-state index in [4.69, 9.17) is 5.73 Å². The molecule has 3 N–H and O–H groups in total. The second-order valence-corrected chi connectivity index (χ2v) is 3.00. The summed E-state index contributed by atoms with van der Waals surface area (Å²) < 4.78 is 0. The minimum Gasteiger partial charge on any atom is -0.376 e. The predicted molar refractivity (Wildman–Crippen MR) is 47.9 cm³/mol. The minimum absolute atomic E-state index is 0.369. The molecule has 0 spiro atoms. The molecular weight excluding hydrogens is 146 g/mol. The predicted octanol–water partition coefficient (Wildman–Crippen LogP) is -0.230. The molecule has 0 aliphatic heterocycles. The molecular formula is C6H15N3S. The van der Waals surface area contributed by atoms with Gasteiger partial charge in [0.25, 0.3) is 0 Å². The van der Waals surface area contributed by atoms with Crippen LogP contribution in [-0.2, 0) is 0 Å². The molecule has 0 aromatic rings. The molecule has 0 aliphatic carbocycles. The number of nitrogens with two attached hydrogens (primary N) is 1. The Balaban J connectivity index is 3.39. The Hall–Kier alpha value is -0.350. The lowest BCUT2D eigenvalue weighted by molar-refractivity contribution is 0.313. The number of likely N-dealkylation sites (N-methyl/N-ethyl adjacent to an activating group) is 1. The summed E-state index contributed by atoms with van der Waals surface area (Å²) in [6.07, 6.45) is 0. The molecule has 1 unspecified atom stereocenters. The highest BCUT2D eigenvalue weighted by Gasteiger charge is 2.02. The van der Waals surface area contributed by atoms with Gasteiger partial charge in [-0.2, -0.15) is 0 Å². The van der Waals surface area contributed by atoms with Gasteiger partial charge in [0.05, 0.1) is 0 Å². The van der Waals surface area contributed by atoms with Gasteiger partial charge in [-0.15, -0.1) is 0 Å². The molecule has 4 heteroatoms. The van der Waals surface area contributed by atoms with E-state index in [2.05, 4.69) is 29.4 Å². The largest absolute Gasteiger partial charge is 0.376 e. The van der Waals surface area contributed by atoms with Gasteiger partial charge in [0.2, 0.25) is 0 Å². The fourth-order valence-electron chi connectivity index (χ4n) is 0.431. The van der Waals surface area contributed by atoms with E-state index < -0.39 is 0 Å². The maximum atomic E-state index is 5.24. The van der Waals surface area contributed by atoms with E-state index in [1.54, 1.807) is 0 Å². The number of nitrogens with one attached hydrogen (secondary N) is 1. The molecule has 0 aromatic heterocycles. The Morgan fingerprint density at radius 2 is 2.20 bits per heavy atom. The Labute approximate surface area is 67.6 Å². The first-order valence-electron chi connectivity index (χ1n) is 3.23. The summed E-state index contributed by atoms with van der Waals surface area (Å²) in [4.78, 5) is 2.10. The molecule has 0 heterocycles. The van der Waals surface area contributed by atoms with E-state index in [1.807, 2.05) is 14.1 Å². The topological polar surface area (TPSA) is 41.3 Å². The van der Waals surface area contributed by atoms with Crippen LogP contribution in [0.4, 0.5) is 0 Å². The molecule has 3 nitrogen and oxygen atoms in total. The van der Waals surface area contributed by atoms with E-state index in [-0.39, 0.29) is 0 Å². The first kappa shape index (κ1) is 9.65. The molecule has 0 rings (SSSR count). The van der Waals surface area contributed by atoms with Crippen LogP contribution in [0.5, 0.6) is 0 Å². The number of hydrogen-bond acceptors (Lipinski definition) is 2. The van der Waals surface area contributed by atoms with Crippen molar-refractivity contribution < 1.29 is 0 Å². The van der Waals surface area contributed by atoms with Gasteiger partial charge in [0.1, 0.15) is 0 Å². The number of hydrogen-bond donors (Lipinski definition) is 2. The van der Waals surface area contributed by atoms with Gasteiger partial charge in [-0.1, -0.05) is 0 Å². The SMILES string of the molecule is CC(CNC(N)=S)N(C)C. The lowest BCUT2D eigenvalue weighted by Gasteiger charge is -2.19. The molecule has 0 fully saturated rings. The van der Waals surface area contributed by atoms with Crippen molar-refractivity contribution in [1.82, 2.24) is 10.2 Å². The van der Waals surface area contributed by atoms with Crippen molar-refractivity contribution >= 4 is 17.3 Å². The maximum Gasteiger partial charge on any atom is 0.163 e. The Bertz CT molecular complexity index is 114. The van der Waals surface area contributed by atoms with Gasteiger partial charge in [0, 0.05) is 12.6 Å². The van der Waals surface area contributed by atoms with E-state index in [0.717, 1.165) is 6.54 Å². The minimum atomic E-state index is 0.369. The van der Waals surface area contributed by atoms with E-state index in [1.165, 1.54) is 0 Å². The highest BCUT2D eigenvalue weighted by atomic mass is 32.1. The van der Waals surface area contributed by atoms with Crippen LogP contribution < -0.4 is 11.1 Å². The normalized spacial score (nSPS) is 13.2. The first-order chi connectivity index (χ1) is 4.54. The van der Waals surface area contributed by atoms with E-state index >= 15 is 0 Å². The molecule has 0 amide bonds. The average molecular weight is 161 g/mol. The van der Waals surface area contributed by atoms with Gasteiger partial charge < -0.3 is 16.0 Å². The second kappa shape index (κ2) is 4.46.